The molecule has 166 valence electrons. The van der Waals surface area contributed by atoms with Crippen LogP contribution in [0, 0.1) is 6.92 Å². The summed E-state index contributed by atoms with van der Waals surface area (Å²) in [5.74, 6) is 0.286. The number of ether oxygens (including phenoxy) is 1. The highest BCUT2D eigenvalue weighted by molar-refractivity contribution is 7.89. The first-order chi connectivity index (χ1) is 14.6. The average molecular weight is 462 g/mol. The molecule has 2 aromatic carbocycles. The Morgan fingerprint density at radius 3 is 2.48 bits per heavy atom. The van der Waals surface area contributed by atoms with Gasteiger partial charge in [-0.25, -0.2) is 13.4 Å². The van der Waals surface area contributed by atoms with E-state index >= 15 is 0 Å². The van der Waals surface area contributed by atoms with Crippen molar-refractivity contribution in [3.05, 3.63) is 48.0 Å². The van der Waals surface area contributed by atoms with Gasteiger partial charge in [0.2, 0.25) is 10.0 Å². The number of anilines is 1. The number of sulfonamides is 1. The summed E-state index contributed by atoms with van der Waals surface area (Å²) in [5, 5.41) is 3.11. The van der Waals surface area contributed by atoms with E-state index in [-0.39, 0.29) is 29.5 Å². The standard InChI is InChI=1S/C22H27N3O4S2/c1-14(2)25(15(3)4)31(27,28)18-9-10-19-20(12-18)30-22(23-19)24-21(26)13-29-17-8-6-7-16(5)11-17/h6-12,14-15H,13H2,1-5H3,(H,23,24,26). The Kier molecular flexibility index (Phi) is 6.98. The molecule has 0 radical (unpaired) electrons. The van der Waals surface area contributed by atoms with Gasteiger partial charge in [-0.05, 0) is 70.5 Å². The quantitative estimate of drug-likeness (QED) is 0.536. The van der Waals surface area contributed by atoms with Gasteiger partial charge >= 0.3 is 0 Å². The lowest BCUT2D eigenvalue weighted by Gasteiger charge is -2.29. The molecule has 9 heteroatoms. The highest BCUT2D eigenvalue weighted by atomic mass is 32.2. The Hall–Kier alpha value is -2.49. The van der Waals surface area contributed by atoms with Crippen LogP contribution in [0.1, 0.15) is 33.3 Å². The van der Waals surface area contributed by atoms with E-state index in [2.05, 4.69) is 10.3 Å². The van der Waals surface area contributed by atoms with Crippen molar-refractivity contribution in [2.75, 3.05) is 11.9 Å². The Bertz CT molecular complexity index is 1180. The molecule has 1 N–H and O–H groups in total. The van der Waals surface area contributed by atoms with Crippen LogP contribution in [0.2, 0.25) is 0 Å². The predicted molar refractivity (Wildman–Crippen MR) is 124 cm³/mol. The van der Waals surface area contributed by atoms with Gasteiger partial charge in [0.25, 0.3) is 5.91 Å². The number of benzene rings is 2. The van der Waals surface area contributed by atoms with Crippen molar-refractivity contribution in [1.82, 2.24) is 9.29 Å². The van der Waals surface area contributed by atoms with Crippen LogP contribution in [0.15, 0.2) is 47.4 Å². The number of amides is 1. The molecule has 31 heavy (non-hydrogen) atoms. The second-order valence-corrected chi connectivity index (χ2v) is 10.7. The number of thiazole rings is 1. The van der Waals surface area contributed by atoms with E-state index in [1.165, 1.54) is 15.6 Å². The molecule has 0 bridgehead atoms. The lowest BCUT2D eigenvalue weighted by molar-refractivity contribution is -0.118. The van der Waals surface area contributed by atoms with Crippen LogP contribution in [-0.2, 0) is 14.8 Å². The summed E-state index contributed by atoms with van der Waals surface area (Å²) in [6, 6.07) is 12.0. The van der Waals surface area contributed by atoms with Gasteiger partial charge in [-0.15, -0.1) is 0 Å². The van der Waals surface area contributed by atoms with E-state index in [1.54, 1.807) is 24.3 Å². The van der Waals surface area contributed by atoms with Crippen LogP contribution >= 0.6 is 11.3 Å². The number of carbonyl (C=O) groups is 1. The number of aromatic nitrogens is 1. The fourth-order valence-corrected chi connectivity index (χ4v) is 6.26. The van der Waals surface area contributed by atoms with Crippen LogP contribution < -0.4 is 10.1 Å². The minimum absolute atomic E-state index is 0.142. The number of carbonyl (C=O) groups excluding carboxylic acids is 1. The van der Waals surface area contributed by atoms with E-state index < -0.39 is 10.0 Å². The third-order valence-corrected chi connectivity index (χ3v) is 7.74. The van der Waals surface area contributed by atoms with Crippen molar-refractivity contribution in [2.45, 2.75) is 51.6 Å². The Morgan fingerprint density at radius 1 is 1.13 bits per heavy atom. The number of nitrogens with one attached hydrogen (secondary N) is 1. The maximum absolute atomic E-state index is 13.1. The van der Waals surface area contributed by atoms with Gasteiger partial charge in [0.15, 0.2) is 11.7 Å². The van der Waals surface area contributed by atoms with Gasteiger partial charge < -0.3 is 4.74 Å². The molecule has 0 aliphatic carbocycles. The van der Waals surface area contributed by atoms with Crippen molar-refractivity contribution in [3.8, 4) is 5.75 Å². The Morgan fingerprint density at radius 2 is 1.84 bits per heavy atom. The molecule has 3 rings (SSSR count). The Balaban J connectivity index is 1.75. The average Bonchev–Trinajstić information content (AvgIpc) is 3.06. The van der Waals surface area contributed by atoms with E-state index in [0.717, 1.165) is 5.56 Å². The molecule has 0 unspecified atom stereocenters. The second kappa shape index (κ2) is 9.33. The maximum Gasteiger partial charge on any atom is 0.264 e. The van der Waals surface area contributed by atoms with Crippen LogP contribution in [0.3, 0.4) is 0 Å². The van der Waals surface area contributed by atoms with E-state index in [9.17, 15) is 13.2 Å². The van der Waals surface area contributed by atoms with Crippen molar-refractivity contribution in [1.29, 1.82) is 0 Å². The molecule has 7 nitrogen and oxygen atoms in total. The summed E-state index contributed by atoms with van der Waals surface area (Å²) in [6.07, 6.45) is 0. The van der Waals surface area contributed by atoms with Gasteiger partial charge in [-0.3, -0.25) is 10.1 Å². The van der Waals surface area contributed by atoms with Crippen LogP contribution in [0.5, 0.6) is 5.75 Å². The molecule has 0 fully saturated rings. The van der Waals surface area contributed by atoms with E-state index in [0.29, 0.717) is 21.1 Å². The van der Waals surface area contributed by atoms with Crippen molar-refractivity contribution in [2.24, 2.45) is 0 Å². The minimum atomic E-state index is -3.64. The van der Waals surface area contributed by atoms with E-state index in [4.69, 9.17) is 4.74 Å². The molecule has 0 aliphatic rings. The fraction of sp³-hybridized carbons (Fsp3) is 0.364. The second-order valence-electron chi connectivity index (χ2n) is 7.82. The monoisotopic (exact) mass is 461 g/mol. The molecule has 0 aliphatic heterocycles. The summed E-state index contributed by atoms with van der Waals surface area (Å²) in [6.45, 7) is 9.23. The van der Waals surface area contributed by atoms with Gasteiger partial charge in [0, 0.05) is 12.1 Å². The van der Waals surface area contributed by atoms with Crippen LogP contribution in [0.4, 0.5) is 5.13 Å². The maximum atomic E-state index is 13.1. The zero-order valence-electron chi connectivity index (χ0n) is 18.2. The van der Waals surface area contributed by atoms with Crippen molar-refractivity contribution >= 4 is 42.6 Å². The molecule has 1 heterocycles. The molecule has 1 aromatic heterocycles. The molecule has 3 aromatic rings. The first kappa shape index (κ1) is 23.2. The Labute approximate surface area is 187 Å². The van der Waals surface area contributed by atoms with Gasteiger partial charge in [-0.1, -0.05) is 23.5 Å². The molecular formula is C22H27N3O4S2. The number of aryl methyl sites for hydroxylation is 1. The highest BCUT2D eigenvalue weighted by Crippen LogP contribution is 2.30. The number of nitrogens with zero attached hydrogens (tertiary/aromatic N) is 2. The molecule has 1 amide bonds. The van der Waals surface area contributed by atoms with E-state index in [1.807, 2.05) is 52.8 Å². The van der Waals surface area contributed by atoms with Crippen molar-refractivity contribution < 1.29 is 17.9 Å². The highest BCUT2D eigenvalue weighted by Gasteiger charge is 2.29. The molecule has 0 spiro atoms. The first-order valence-corrected chi connectivity index (χ1v) is 12.3. The van der Waals surface area contributed by atoms with Gasteiger partial charge in [-0.2, -0.15) is 4.31 Å². The summed E-state index contributed by atoms with van der Waals surface area (Å²) in [7, 11) is -3.64. The first-order valence-electron chi connectivity index (χ1n) is 10.0. The number of hydrogen-bond acceptors (Lipinski definition) is 6. The minimum Gasteiger partial charge on any atom is -0.484 e. The summed E-state index contributed by atoms with van der Waals surface area (Å²) < 4.78 is 33.9. The topological polar surface area (TPSA) is 88.6 Å². The van der Waals surface area contributed by atoms with Gasteiger partial charge in [0.05, 0.1) is 15.1 Å². The SMILES string of the molecule is Cc1cccc(OCC(=O)Nc2nc3ccc(S(=O)(=O)N(C(C)C)C(C)C)cc3s2)c1. The number of hydrogen-bond donors (Lipinski definition) is 1. The lowest BCUT2D eigenvalue weighted by Crippen LogP contribution is -2.41. The normalized spacial score (nSPS) is 12.1. The lowest BCUT2D eigenvalue weighted by atomic mass is 10.2. The summed E-state index contributed by atoms with van der Waals surface area (Å²) in [4.78, 5) is 16.8. The molecule has 0 saturated carbocycles. The van der Waals surface area contributed by atoms with Crippen molar-refractivity contribution in [3.63, 3.8) is 0 Å². The number of fused-ring (bicyclic) bond motifs is 1. The largest absolute Gasteiger partial charge is 0.484 e. The summed E-state index contributed by atoms with van der Waals surface area (Å²) in [5.41, 5.74) is 1.67. The zero-order valence-corrected chi connectivity index (χ0v) is 19.9. The van der Waals surface area contributed by atoms with Crippen LogP contribution in [0.25, 0.3) is 10.2 Å². The van der Waals surface area contributed by atoms with Crippen LogP contribution in [-0.4, -0.2) is 42.3 Å². The smallest absolute Gasteiger partial charge is 0.264 e. The third-order valence-electron chi connectivity index (χ3n) is 4.56. The summed E-state index contributed by atoms with van der Waals surface area (Å²) >= 11 is 1.23. The number of rotatable bonds is 8. The molecular weight excluding hydrogens is 434 g/mol. The predicted octanol–water partition coefficient (Wildman–Crippen LogP) is 4.43. The fourth-order valence-electron chi connectivity index (χ4n) is 3.40. The zero-order chi connectivity index (χ0) is 22.8. The van der Waals surface area contributed by atoms with Gasteiger partial charge in [0.1, 0.15) is 5.75 Å². The third kappa shape index (κ3) is 5.41. The molecule has 0 saturated heterocycles. The molecule has 0 atom stereocenters.